The minimum atomic E-state index is -0.904. The number of ether oxygens (including phenoxy) is 1. The highest BCUT2D eigenvalue weighted by Gasteiger charge is 2.46. The van der Waals surface area contributed by atoms with Crippen LogP contribution in [-0.2, 0) is 11.2 Å². The molecule has 0 radical (unpaired) electrons. The molecule has 3 aromatic rings. The lowest BCUT2D eigenvalue weighted by molar-refractivity contribution is 0.0146. The van der Waals surface area contributed by atoms with Gasteiger partial charge in [0.15, 0.2) is 6.10 Å². The van der Waals surface area contributed by atoms with E-state index in [-0.39, 0.29) is 5.75 Å². The number of aliphatic hydroxyl groups excluding tert-OH is 1. The highest BCUT2D eigenvalue weighted by Crippen LogP contribution is 2.40. The van der Waals surface area contributed by atoms with Crippen molar-refractivity contribution in [2.75, 3.05) is 4.90 Å². The number of halogens is 1. The molecular weight excluding hydrogens is 385 g/mol. The van der Waals surface area contributed by atoms with Crippen LogP contribution in [0, 0.1) is 5.82 Å². The van der Waals surface area contributed by atoms with E-state index < -0.39 is 30.2 Å². The number of anilines is 1. The molecule has 0 bridgehead atoms. The summed E-state index contributed by atoms with van der Waals surface area (Å²) < 4.78 is 19.0. The second kappa shape index (κ2) is 8.55. The Morgan fingerprint density at radius 1 is 0.967 bits per heavy atom. The summed E-state index contributed by atoms with van der Waals surface area (Å²) in [7, 11) is 0. The van der Waals surface area contributed by atoms with E-state index in [9.17, 15) is 19.4 Å². The van der Waals surface area contributed by atoms with Gasteiger partial charge in [-0.05, 0) is 60.4 Å². The average molecular weight is 407 g/mol. The minimum Gasteiger partial charge on any atom is -0.508 e. The molecule has 154 valence electrons. The molecule has 6 heteroatoms. The number of rotatable bonds is 6. The Hall–Kier alpha value is -3.38. The van der Waals surface area contributed by atoms with Gasteiger partial charge in [0, 0.05) is 5.69 Å². The van der Waals surface area contributed by atoms with Crippen LogP contribution in [0.15, 0.2) is 78.9 Å². The fraction of sp³-hybridized carbons (Fsp3) is 0.208. The van der Waals surface area contributed by atoms with Gasteiger partial charge in [-0.2, -0.15) is 0 Å². The lowest BCUT2D eigenvalue weighted by Crippen LogP contribution is -2.35. The number of cyclic esters (lactones) is 1. The predicted molar refractivity (Wildman–Crippen MR) is 111 cm³/mol. The van der Waals surface area contributed by atoms with Crippen LogP contribution < -0.4 is 4.90 Å². The number of benzene rings is 3. The summed E-state index contributed by atoms with van der Waals surface area (Å²) in [4.78, 5) is 14.2. The predicted octanol–water partition coefficient (Wildman–Crippen LogP) is 4.59. The van der Waals surface area contributed by atoms with Gasteiger partial charge in [0.05, 0.1) is 6.10 Å². The second-order valence-electron chi connectivity index (χ2n) is 7.32. The summed E-state index contributed by atoms with van der Waals surface area (Å²) >= 11 is 0. The zero-order valence-corrected chi connectivity index (χ0v) is 16.2. The molecule has 1 aliphatic heterocycles. The SMILES string of the molecule is O=C1OC([C@@H](O)CCc2ccccc2)[C@@H](c2ccc(O)cc2)N1c1ccc(F)cc1. The first kappa shape index (κ1) is 19.9. The smallest absolute Gasteiger partial charge is 0.415 e. The largest absolute Gasteiger partial charge is 0.508 e. The molecule has 2 N–H and O–H groups in total. The number of carbonyl (C=O) groups is 1. The second-order valence-corrected chi connectivity index (χ2v) is 7.32. The molecule has 4 rings (SSSR count). The van der Waals surface area contributed by atoms with E-state index in [1.807, 2.05) is 30.3 Å². The molecule has 30 heavy (non-hydrogen) atoms. The molecule has 1 unspecified atom stereocenters. The molecule has 3 aromatic carbocycles. The Morgan fingerprint density at radius 3 is 2.30 bits per heavy atom. The van der Waals surface area contributed by atoms with Crippen molar-refractivity contribution in [3.8, 4) is 5.75 Å². The van der Waals surface area contributed by atoms with Crippen LogP contribution in [0.25, 0.3) is 0 Å². The molecule has 1 heterocycles. The summed E-state index contributed by atoms with van der Waals surface area (Å²) in [6.07, 6.45) is -1.28. The van der Waals surface area contributed by atoms with Crippen LogP contribution in [0.4, 0.5) is 14.9 Å². The van der Waals surface area contributed by atoms with Crippen molar-refractivity contribution >= 4 is 11.8 Å². The summed E-state index contributed by atoms with van der Waals surface area (Å²) in [5, 5.41) is 20.6. The first-order valence-corrected chi connectivity index (χ1v) is 9.79. The van der Waals surface area contributed by atoms with E-state index in [0.29, 0.717) is 24.1 Å². The lowest BCUT2D eigenvalue weighted by atomic mass is 9.93. The third kappa shape index (κ3) is 4.14. The maximum Gasteiger partial charge on any atom is 0.415 e. The van der Waals surface area contributed by atoms with E-state index >= 15 is 0 Å². The number of aliphatic hydroxyl groups is 1. The molecule has 1 fully saturated rings. The van der Waals surface area contributed by atoms with E-state index in [1.54, 1.807) is 12.1 Å². The van der Waals surface area contributed by atoms with Crippen LogP contribution in [0.5, 0.6) is 5.75 Å². The number of hydrogen-bond donors (Lipinski definition) is 2. The third-order valence-electron chi connectivity index (χ3n) is 5.31. The van der Waals surface area contributed by atoms with Gasteiger partial charge in [-0.25, -0.2) is 9.18 Å². The number of nitrogens with zero attached hydrogens (tertiary/aromatic N) is 1. The Balaban J connectivity index is 1.63. The van der Waals surface area contributed by atoms with Gasteiger partial charge < -0.3 is 14.9 Å². The maximum atomic E-state index is 13.4. The molecule has 3 atom stereocenters. The molecule has 0 aromatic heterocycles. The molecule has 1 saturated heterocycles. The van der Waals surface area contributed by atoms with Gasteiger partial charge in [-0.3, -0.25) is 4.90 Å². The van der Waals surface area contributed by atoms with Crippen LogP contribution in [-0.4, -0.2) is 28.5 Å². The van der Waals surface area contributed by atoms with E-state index in [4.69, 9.17) is 4.74 Å². The lowest BCUT2D eigenvalue weighted by Gasteiger charge is -2.27. The standard InChI is InChI=1S/C24H22FNO4/c25-18-9-11-19(12-10-18)26-22(17-7-13-20(27)14-8-17)23(30-24(26)29)21(28)15-6-16-4-2-1-3-5-16/h1-5,7-14,21-23,27-28H,6,15H2/t21-,22+,23?/m0/s1. The van der Waals surface area contributed by atoms with Crippen molar-refractivity contribution in [1.29, 1.82) is 0 Å². The summed E-state index contributed by atoms with van der Waals surface area (Å²) in [6.45, 7) is 0. The van der Waals surface area contributed by atoms with Crippen LogP contribution >= 0.6 is 0 Å². The number of aromatic hydroxyl groups is 1. The fourth-order valence-corrected chi connectivity index (χ4v) is 3.79. The minimum absolute atomic E-state index is 0.0958. The van der Waals surface area contributed by atoms with Crippen molar-refractivity contribution in [3.05, 3.63) is 95.8 Å². The van der Waals surface area contributed by atoms with Crippen LogP contribution in [0.2, 0.25) is 0 Å². The quantitative estimate of drug-likeness (QED) is 0.627. The van der Waals surface area contributed by atoms with Crippen LogP contribution in [0.3, 0.4) is 0 Å². The first-order valence-electron chi connectivity index (χ1n) is 9.79. The summed E-state index contributed by atoms with van der Waals surface area (Å²) in [6, 6.07) is 21.1. The summed E-state index contributed by atoms with van der Waals surface area (Å²) in [5.41, 5.74) is 2.25. The average Bonchev–Trinajstić information content (AvgIpc) is 3.11. The topological polar surface area (TPSA) is 70.0 Å². The van der Waals surface area contributed by atoms with Gasteiger partial charge in [0.2, 0.25) is 0 Å². The first-order chi connectivity index (χ1) is 14.5. The number of amides is 1. The Labute approximate surface area is 174 Å². The normalized spacial score (nSPS) is 19.5. The summed E-state index contributed by atoms with van der Waals surface area (Å²) in [5.74, 6) is -0.314. The Morgan fingerprint density at radius 2 is 1.63 bits per heavy atom. The van der Waals surface area contributed by atoms with E-state index in [1.165, 1.54) is 41.3 Å². The Kier molecular flexibility index (Phi) is 5.68. The molecule has 0 spiro atoms. The molecule has 0 saturated carbocycles. The molecule has 0 aliphatic carbocycles. The third-order valence-corrected chi connectivity index (χ3v) is 5.31. The molecule has 1 amide bonds. The number of aryl methyl sites for hydroxylation is 1. The van der Waals surface area contributed by atoms with Gasteiger partial charge in [0.25, 0.3) is 0 Å². The molecule has 5 nitrogen and oxygen atoms in total. The number of hydrogen-bond acceptors (Lipinski definition) is 4. The highest BCUT2D eigenvalue weighted by atomic mass is 19.1. The van der Waals surface area contributed by atoms with Gasteiger partial charge in [-0.15, -0.1) is 0 Å². The van der Waals surface area contributed by atoms with Gasteiger partial charge in [-0.1, -0.05) is 42.5 Å². The fourth-order valence-electron chi connectivity index (χ4n) is 3.79. The zero-order chi connectivity index (χ0) is 21.1. The van der Waals surface area contributed by atoms with E-state index in [0.717, 1.165) is 5.56 Å². The monoisotopic (exact) mass is 407 g/mol. The van der Waals surface area contributed by atoms with Crippen molar-refractivity contribution in [2.45, 2.75) is 31.1 Å². The number of phenols is 1. The van der Waals surface area contributed by atoms with Crippen molar-refractivity contribution in [3.63, 3.8) is 0 Å². The number of carbonyl (C=O) groups excluding carboxylic acids is 1. The van der Waals surface area contributed by atoms with Gasteiger partial charge >= 0.3 is 6.09 Å². The van der Waals surface area contributed by atoms with Crippen molar-refractivity contribution in [2.24, 2.45) is 0 Å². The maximum absolute atomic E-state index is 13.4. The van der Waals surface area contributed by atoms with E-state index in [2.05, 4.69) is 0 Å². The van der Waals surface area contributed by atoms with Crippen LogP contribution in [0.1, 0.15) is 23.6 Å². The Bertz CT molecular complexity index is 992. The van der Waals surface area contributed by atoms with Crippen molar-refractivity contribution < 1.29 is 24.1 Å². The molecule has 1 aliphatic rings. The highest BCUT2D eigenvalue weighted by molar-refractivity contribution is 5.91. The van der Waals surface area contributed by atoms with Crippen molar-refractivity contribution in [1.82, 2.24) is 0 Å². The van der Waals surface area contributed by atoms with Gasteiger partial charge in [0.1, 0.15) is 17.6 Å². The zero-order valence-electron chi connectivity index (χ0n) is 16.2. The molecular formula is C24H22FNO4. The number of phenolic OH excluding ortho intramolecular Hbond substituents is 1.